The van der Waals surface area contributed by atoms with Crippen molar-refractivity contribution < 1.29 is 114 Å². The molecule has 0 radical (unpaired) electrons. The first-order valence-electron chi connectivity index (χ1n) is 31.1. The van der Waals surface area contributed by atoms with Crippen LogP contribution in [0.5, 0.6) is 0 Å². The third-order valence-electron chi connectivity index (χ3n) is 15.0. The molecule has 0 spiro atoms. The molecule has 3 rings (SSSR count). The largest absolute Gasteiger partial charge is 0.463 e. The van der Waals surface area contributed by atoms with Crippen molar-refractivity contribution in [1.82, 2.24) is 36.8 Å². The third-order valence-corrected chi connectivity index (χ3v) is 15.0. The summed E-state index contributed by atoms with van der Waals surface area (Å²) in [6.07, 6.45) is -5.27. The number of hydrogen-bond donors (Lipinski definition) is 6. The maximum atomic E-state index is 13.8. The average Bonchev–Trinajstić information content (AvgIpc) is 1.06. The molecule has 518 valence electrons. The number of amides is 6. The minimum atomic E-state index is -1.02. The van der Waals surface area contributed by atoms with Crippen LogP contribution in [-0.4, -0.2) is 229 Å². The Bertz CT molecular complexity index is 2380. The summed E-state index contributed by atoms with van der Waals surface area (Å²) >= 11 is 0. The van der Waals surface area contributed by atoms with Crippen molar-refractivity contribution in [3.05, 3.63) is 0 Å². The first kappa shape index (κ1) is 78.6. The molecule has 6 N–H and O–H groups in total. The third kappa shape index (κ3) is 30.1. The Morgan fingerprint density at radius 3 is 1.02 bits per heavy atom. The molecule has 31 heteroatoms. The summed E-state index contributed by atoms with van der Waals surface area (Å²) in [4.78, 5) is 149. The Kier molecular flexibility index (Phi) is 36.1. The lowest BCUT2D eigenvalue weighted by Gasteiger charge is -2.44. The fraction of sp³-hybridized carbons (Fsp3) is 0.800. The molecule has 6 amide bonds. The fourth-order valence-corrected chi connectivity index (χ4v) is 10.6. The molecule has 15 atom stereocenters. The smallest absolute Gasteiger partial charge is 0.303 e. The van der Waals surface area contributed by atoms with Crippen molar-refractivity contribution in [2.45, 2.75) is 214 Å². The number of unbranched alkanes of at least 4 members (excludes halogenated alkanes) is 3. The highest BCUT2D eigenvalue weighted by molar-refractivity contribution is 5.78. The zero-order valence-corrected chi connectivity index (χ0v) is 54.8. The second-order valence-corrected chi connectivity index (χ2v) is 22.8. The predicted molar refractivity (Wildman–Crippen MR) is 318 cm³/mol. The molecule has 0 bridgehead atoms. The van der Waals surface area contributed by atoms with Gasteiger partial charge in [0.15, 0.2) is 18.9 Å². The van der Waals surface area contributed by atoms with Gasteiger partial charge in [0, 0.05) is 158 Å². The molecule has 0 saturated carbocycles. The zero-order chi connectivity index (χ0) is 67.7. The van der Waals surface area contributed by atoms with E-state index < -0.39 is 127 Å². The van der Waals surface area contributed by atoms with Crippen molar-refractivity contribution >= 4 is 71.3 Å². The van der Waals surface area contributed by atoms with E-state index in [-0.39, 0.29) is 121 Å². The number of nitrogens with one attached hydrogen (secondary N) is 6. The van der Waals surface area contributed by atoms with Gasteiger partial charge in [-0.2, -0.15) is 0 Å². The van der Waals surface area contributed by atoms with Gasteiger partial charge in [0.25, 0.3) is 0 Å². The van der Waals surface area contributed by atoms with E-state index in [1.165, 1.54) is 62.3 Å². The van der Waals surface area contributed by atoms with E-state index in [2.05, 4.69) is 31.9 Å². The molecule has 0 aromatic heterocycles. The summed E-state index contributed by atoms with van der Waals surface area (Å²) in [7, 11) is 0. The summed E-state index contributed by atoms with van der Waals surface area (Å²) in [6, 6.07) is -2.17. The molecule has 3 saturated heterocycles. The maximum absolute atomic E-state index is 13.8. The molecule has 91 heavy (non-hydrogen) atoms. The van der Waals surface area contributed by atoms with Crippen LogP contribution >= 0.6 is 0 Å². The van der Waals surface area contributed by atoms with Gasteiger partial charge < -0.3 is 93.6 Å². The van der Waals surface area contributed by atoms with E-state index in [1.54, 1.807) is 25.7 Å². The van der Waals surface area contributed by atoms with Gasteiger partial charge in [0.2, 0.25) is 35.4 Å². The topological polar surface area (TPSA) is 391 Å². The molecule has 0 aliphatic carbocycles. The minimum Gasteiger partial charge on any atom is -0.463 e. The van der Waals surface area contributed by atoms with Gasteiger partial charge in [0.05, 0.1) is 18.1 Å². The van der Waals surface area contributed by atoms with E-state index in [9.17, 15) is 57.5 Å². The number of hydrogen-bond acceptors (Lipinski definition) is 25. The average molecular weight is 1300 g/mol. The Labute approximate surface area is 532 Å². The summed E-state index contributed by atoms with van der Waals surface area (Å²) in [5.74, 6) is -6.71. The minimum absolute atomic E-state index is 0.105. The standard InChI is InChI=1S/C60H99N7O24/c1-34-52(64-37(4)68)58(89-46(31-83-40(7)71)55(34)86-43(10)74)80-28-16-13-19-49(77)62-23-22-61-24-26-67(51(79)21-15-18-30-82-60-54(66-39(6)70)36(3)57(88-45(12)76)48(91-60)33-85-42(9)73)27-25-63-50(78)20-14-17-29-81-59-53(65-38(5)69)35(2)56(87-44(11)75)47(90-59)32-84-41(8)72/h34-36,46-48,52-61H,13-33H2,1-12H3,(H,62,77)(H,63,78)(H,64,68)(H,65,69)(H,66,70)/t34-,35-,36-,46?,47?,48?,52?,53?,54?,55-,56-,57-,58-,59-,60-/m1/s1. The highest BCUT2D eigenvalue weighted by Crippen LogP contribution is 2.33. The highest BCUT2D eigenvalue weighted by Gasteiger charge is 2.50. The SMILES string of the molecule is CC(=O)NC1[C@H](OCCCCC(=O)NCCNCCN(CCNC(=O)CCCCO[C@@H]2OC(COC(C)=O)[C@H](OC(C)=O)[C@H](C)C2NC(C)=O)C(=O)CCCCO[C@@H]2OC(COC(C)=O)[C@H](OC(C)=O)[C@H](C)C2NC(C)=O)OC(COC(C)=O)[C@H](OC(C)=O)[C@@H]1C. The van der Waals surface area contributed by atoms with Crippen LogP contribution in [0.1, 0.15) is 141 Å². The normalized spacial score (nSPS) is 26.1. The maximum Gasteiger partial charge on any atom is 0.303 e. The van der Waals surface area contributed by atoms with Gasteiger partial charge in [-0.25, -0.2) is 0 Å². The van der Waals surface area contributed by atoms with Gasteiger partial charge in [0.1, 0.15) is 56.4 Å². The molecule has 3 fully saturated rings. The lowest BCUT2D eigenvalue weighted by atomic mass is 9.88. The van der Waals surface area contributed by atoms with Crippen LogP contribution in [-0.2, 0) is 114 Å². The molecule has 3 aliphatic heterocycles. The number of carbonyl (C=O) groups is 12. The zero-order valence-electron chi connectivity index (χ0n) is 54.8. The monoisotopic (exact) mass is 1300 g/mol. The Hall–Kier alpha value is -6.64. The highest BCUT2D eigenvalue weighted by atomic mass is 16.7. The molecule has 3 aliphatic rings. The van der Waals surface area contributed by atoms with E-state index in [4.69, 9.17) is 56.8 Å². The summed E-state index contributed by atoms with van der Waals surface area (Å²) < 4.78 is 68.5. The molecular weight excluding hydrogens is 1200 g/mol. The van der Waals surface area contributed by atoms with Crippen molar-refractivity contribution in [3.8, 4) is 0 Å². The Morgan fingerprint density at radius 2 is 0.703 bits per heavy atom. The lowest BCUT2D eigenvalue weighted by Crippen LogP contribution is -2.62. The van der Waals surface area contributed by atoms with Gasteiger partial charge in [-0.15, -0.1) is 0 Å². The van der Waals surface area contributed by atoms with Gasteiger partial charge >= 0.3 is 35.8 Å². The molecule has 3 heterocycles. The molecular formula is C60H99N7O24. The van der Waals surface area contributed by atoms with E-state index in [1.807, 2.05) is 0 Å². The predicted octanol–water partition coefficient (Wildman–Crippen LogP) is 0.279. The van der Waals surface area contributed by atoms with Crippen LogP contribution in [0.4, 0.5) is 0 Å². The van der Waals surface area contributed by atoms with Crippen LogP contribution in [0.25, 0.3) is 0 Å². The van der Waals surface area contributed by atoms with E-state index >= 15 is 0 Å². The number of carbonyl (C=O) groups excluding carboxylic acids is 12. The van der Waals surface area contributed by atoms with Gasteiger partial charge in [-0.05, 0) is 38.5 Å². The number of esters is 6. The number of rotatable bonds is 39. The molecule has 0 aromatic carbocycles. The Balaban J connectivity index is 1.56. The van der Waals surface area contributed by atoms with Crippen LogP contribution < -0.4 is 31.9 Å². The molecule has 6 unspecified atom stereocenters. The second kappa shape index (κ2) is 41.8. The first-order valence-corrected chi connectivity index (χ1v) is 31.1. The second-order valence-electron chi connectivity index (χ2n) is 22.8. The Morgan fingerprint density at radius 1 is 0.385 bits per heavy atom. The lowest BCUT2D eigenvalue weighted by molar-refractivity contribution is -0.262. The number of nitrogens with zero attached hydrogens (tertiary/aromatic N) is 1. The van der Waals surface area contributed by atoms with E-state index in [0.717, 1.165) is 0 Å². The van der Waals surface area contributed by atoms with Crippen molar-refractivity contribution in [1.29, 1.82) is 0 Å². The fourth-order valence-electron chi connectivity index (χ4n) is 10.6. The van der Waals surface area contributed by atoms with Crippen LogP contribution in [0.15, 0.2) is 0 Å². The van der Waals surface area contributed by atoms with Crippen molar-refractivity contribution in [3.63, 3.8) is 0 Å². The first-order chi connectivity index (χ1) is 43.1. The summed E-state index contributed by atoms with van der Waals surface area (Å²) in [6.45, 7) is 17.9. The summed E-state index contributed by atoms with van der Waals surface area (Å²) in [5.41, 5.74) is 0. The summed E-state index contributed by atoms with van der Waals surface area (Å²) in [5, 5.41) is 17.4. The van der Waals surface area contributed by atoms with Gasteiger partial charge in [-0.1, -0.05) is 20.8 Å². The van der Waals surface area contributed by atoms with Crippen LogP contribution in [0.2, 0.25) is 0 Å². The van der Waals surface area contributed by atoms with Crippen molar-refractivity contribution in [2.24, 2.45) is 17.8 Å². The molecule has 0 aromatic rings. The number of ether oxygens (including phenoxy) is 12. The van der Waals surface area contributed by atoms with Crippen LogP contribution in [0.3, 0.4) is 0 Å². The van der Waals surface area contributed by atoms with Crippen LogP contribution in [0, 0.1) is 17.8 Å². The molecule has 31 nitrogen and oxygen atoms in total. The van der Waals surface area contributed by atoms with Gasteiger partial charge in [-0.3, -0.25) is 57.5 Å². The van der Waals surface area contributed by atoms with Crippen molar-refractivity contribution in [2.75, 3.05) is 78.9 Å². The van der Waals surface area contributed by atoms with E-state index in [0.29, 0.717) is 51.6 Å². The quantitative estimate of drug-likeness (QED) is 0.0273.